The van der Waals surface area contributed by atoms with Gasteiger partial charge in [0.2, 0.25) is 0 Å². The van der Waals surface area contributed by atoms with E-state index in [0.717, 1.165) is 0 Å². The van der Waals surface area contributed by atoms with Crippen molar-refractivity contribution >= 4 is 0 Å². The molecule has 2 heterocycles. The maximum absolute atomic E-state index is 9.37. The zero-order valence-corrected chi connectivity index (χ0v) is 6.34. The average Bonchev–Trinajstić information content (AvgIpc) is 2.66. The highest BCUT2D eigenvalue weighted by atomic mass is 16.7. The molecular weight excluding hydrogens is 164 g/mol. The van der Waals surface area contributed by atoms with E-state index in [0.29, 0.717) is 6.54 Å². The van der Waals surface area contributed by atoms with E-state index in [-0.39, 0.29) is 12.0 Å². The van der Waals surface area contributed by atoms with E-state index in [4.69, 9.17) is 14.9 Å². The van der Waals surface area contributed by atoms with Gasteiger partial charge in [0.1, 0.15) is 12.3 Å². The number of hydrogen-bond acceptors (Lipinski definition) is 6. The normalized spacial score (nSPS) is 53.8. The van der Waals surface area contributed by atoms with Crippen molar-refractivity contribution in [3.05, 3.63) is 0 Å². The van der Waals surface area contributed by atoms with E-state index < -0.39 is 18.9 Å². The third-order valence-corrected chi connectivity index (χ3v) is 2.20. The minimum Gasteiger partial charge on any atom is -0.378 e. The Morgan fingerprint density at radius 1 is 1.25 bits per heavy atom. The zero-order valence-electron chi connectivity index (χ0n) is 6.34. The number of rotatable bonds is 1. The molecule has 6 nitrogen and oxygen atoms in total. The Morgan fingerprint density at radius 2 is 1.92 bits per heavy atom. The first kappa shape index (κ1) is 8.36. The van der Waals surface area contributed by atoms with Gasteiger partial charge in [-0.05, 0) is 0 Å². The van der Waals surface area contributed by atoms with Gasteiger partial charge >= 0.3 is 0 Å². The predicted molar refractivity (Wildman–Crippen MR) is 37.5 cm³/mol. The second kappa shape index (κ2) is 2.91. The van der Waals surface area contributed by atoms with E-state index in [1.165, 1.54) is 0 Å². The van der Waals surface area contributed by atoms with Gasteiger partial charge in [0.05, 0.1) is 0 Å². The van der Waals surface area contributed by atoms with Crippen molar-refractivity contribution in [3.63, 3.8) is 0 Å². The molecule has 70 valence electrons. The lowest BCUT2D eigenvalue weighted by Crippen LogP contribution is -2.59. The van der Waals surface area contributed by atoms with Crippen molar-refractivity contribution in [1.82, 2.24) is 10.6 Å². The van der Waals surface area contributed by atoms with Gasteiger partial charge in [0.25, 0.3) is 0 Å². The standard InChI is InChI=1S/C6H12N2O4/c9-4-2(3-5(10)12-3)1-7-6(11)8-4/h2-11H,1H2. The van der Waals surface area contributed by atoms with E-state index in [2.05, 4.69) is 10.6 Å². The van der Waals surface area contributed by atoms with Gasteiger partial charge in [-0.2, -0.15) is 0 Å². The van der Waals surface area contributed by atoms with E-state index in [9.17, 15) is 5.11 Å². The number of aliphatic hydroxyl groups is 3. The van der Waals surface area contributed by atoms with Gasteiger partial charge in [0, 0.05) is 12.5 Å². The quantitative estimate of drug-likeness (QED) is 0.275. The maximum Gasteiger partial charge on any atom is 0.182 e. The van der Waals surface area contributed by atoms with Crippen LogP contribution in [0.15, 0.2) is 0 Å². The lowest BCUT2D eigenvalue weighted by Gasteiger charge is -2.31. The molecule has 0 saturated carbocycles. The molecule has 0 aromatic heterocycles. The molecule has 0 radical (unpaired) electrons. The van der Waals surface area contributed by atoms with Crippen molar-refractivity contribution in [3.8, 4) is 0 Å². The minimum atomic E-state index is -0.882. The van der Waals surface area contributed by atoms with E-state index in [1.54, 1.807) is 0 Å². The van der Waals surface area contributed by atoms with E-state index >= 15 is 0 Å². The molecule has 0 spiro atoms. The Kier molecular flexibility index (Phi) is 2.03. The summed E-state index contributed by atoms with van der Waals surface area (Å²) in [4.78, 5) is 0. The molecule has 5 atom stereocenters. The van der Waals surface area contributed by atoms with Crippen molar-refractivity contribution in [2.45, 2.75) is 25.0 Å². The fraction of sp³-hybridized carbons (Fsp3) is 1.00. The van der Waals surface area contributed by atoms with Gasteiger partial charge < -0.3 is 20.1 Å². The zero-order chi connectivity index (χ0) is 8.72. The molecule has 0 bridgehead atoms. The van der Waals surface area contributed by atoms with Gasteiger partial charge in [0.15, 0.2) is 12.6 Å². The molecular formula is C6H12N2O4. The summed E-state index contributed by atoms with van der Waals surface area (Å²) in [5.41, 5.74) is 0. The molecule has 2 rings (SSSR count). The number of ether oxygens (including phenoxy) is 1. The van der Waals surface area contributed by atoms with Crippen molar-refractivity contribution in [2.24, 2.45) is 5.92 Å². The van der Waals surface area contributed by atoms with Gasteiger partial charge in [-0.15, -0.1) is 0 Å². The summed E-state index contributed by atoms with van der Waals surface area (Å²) < 4.78 is 4.80. The largest absolute Gasteiger partial charge is 0.378 e. The molecule has 0 amide bonds. The first-order chi connectivity index (χ1) is 5.68. The summed E-state index contributed by atoms with van der Waals surface area (Å²) in [6.45, 7) is 0.428. The monoisotopic (exact) mass is 176 g/mol. The highest BCUT2D eigenvalue weighted by Gasteiger charge is 2.48. The Morgan fingerprint density at radius 3 is 2.42 bits per heavy atom. The highest BCUT2D eigenvalue weighted by molar-refractivity contribution is 4.90. The number of nitrogens with one attached hydrogen (secondary N) is 2. The number of hydrogen-bond donors (Lipinski definition) is 5. The van der Waals surface area contributed by atoms with Crippen LogP contribution in [0.2, 0.25) is 0 Å². The molecule has 2 aliphatic heterocycles. The molecule has 0 aromatic rings. The van der Waals surface area contributed by atoms with Crippen LogP contribution in [-0.4, -0.2) is 46.8 Å². The summed E-state index contributed by atoms with van der Waals surface area (Å²) in [7, 11) is 0. The molecule has 5 unspecified atom stereocenters. The molecule has 2 saturated heterocycles. The van der Waals surface area contributed by atoms with Crippen LogP contribution in [0.1, 0.15) is 0 Å². The molecule has 0 aromatic carbocycles. The van der Waals surface area contributed by atoms with Crippen LogP contribution in [0.4, 0.5) is 0 Å². The first-order valence-corrected chi connectivity index (χ1v) is 3.87. The average molecular weight is 176 g/mol. The summed E-state index contributed by atoms with van der Waals surface area (Å²) in [5, 5.41) is 32.4. The van der Waals surface area contributed by atoms with Gasteiger partial charge in [-0.3, -0.25) is 10.6 Å². The second-order valence-electron chi connectivity index (χ2n) is 3.08. The minimum absolute atomic E-state index is 0.205. The third-order valence-electron chi connectivity index (χ3n) is 2.20. The lowest BCUT2D eigenvalue weighted by molar-refractivity contribution is -0.0479. The summed E-state index contributed by atoms with van der Waals surface area (Å²) >= 11 is 0. The third kappa shape index (κ3) is 1.45. The predicted octanol–water partition coefficient (Wildman–Crippen LogP) is -2.89. The van der Waals surface area contributed by atoms with E-state index in [1.807, 2.05) is 0 Å². The summed E-state index contributed by atoms with van der Waals surface area (Å²) in [6.07, 6.45) is -2.79. The number of epoxide rings is 1. The summed E-state index contributed by atoms with van der Waals surface area (Å²) in [5.74, 6) is -0.205. The molecule has 12 heavy (non-hydrogen) atoms. The molecule has 0 aliphatic carbocycles. The van der Waals surface area contributed by atoms with Crippen LogP contribution in [-0.2, 0) is 4.74 Å². The molecule has 2 fully saturated rings. The van der Waals surface area contributed by atoms with Crippen molar-refractivity contribution < 1.29 is 20.1 Å². The Balaban J connectivity index is 1.90. The maximum atomic E-state index is 9.37. The fourth-order valence-electron chi connectivity index (χ4n) is 1.43. The highest BCUT2D eigenvalue weighted by Crippen LogP contribution is 2.29. The van der Waals surface area contributed by atoms with Crippen LogP contribution >= 0.6 is 0 Å². The van der Waals surface area contributed by atoms with Crippen LogP contribution < -0.4 is 10.6 Å². The smallest absolute Gasteiger partial charge is 0.182 e. The van der Waals surface area contributed by atoms with Crippen molar-refractivity contribution in [2.75, 3.05) is 6.54 Å². The topological polar surface area (TPSA) is 97.3 Å². The van der Waals surface area contributed by atoms with Crippen LogP contribution in [0, 0.1) is 5.92 Å². The van der Waals surface area contributed by atoms with Crippen LogP contribution in [0.25, 0.3) is 0 Å². The van der Waals surface area contributed by atoms with Crippen molar-refractivity contribution in [1.29, 1.82) is 0 Å². The first-order valence-electron chi connectivity index (χ1n) is 3.87. The Bertz CT molecular complexity index is 179. The molecule has 5 N–H and O–H groups in total. The van der Waals surface area contributed by atoms with Gasteiger partial charge in [-0.1, -0.05) is 0 Å². The second-order valence-corrected chi connectivity index (χ2v) is 3.08. The van der Waals surface area contributed by atoms with Crippen LogP contribution in [0.3, 0.4) is 0 Å². The molecule has 6 heteroatoms. The number of aliphatic hydroxyl groups excluding tert-OH is 3. The fourth-order valence-corrected chi connectivity index (χ4v) is 1.43. The Labute approximate surface area is 69.1 Å². The lowest BCUT2D eigenvalue weighted by atomic mass is 10.0. The Hall–Kier alpha value is -0.240. The SMILES string of the molecule is OC1NCC(C2OC2O)C(O)N1. The van der Waals surface area contributed by atoms with Gasteiger partial charge in [-0.25, -0.2) is 0 Å². The summed E-state index contributed by atoms with van der Waals surface area (Å²) in [6, 6.07) is 0. The van der Waals surface area contributed by atoms with Crippen LogP contribution in [0.5, 0.6) is 0 Å². The molecule has 2 aliphatic rings.